The molecule has 2 N–H and O–H groups in total. The average molecular weight is 176 g/mol. The van der Waals surface area contributed by atoms with E-state index in [2.05, 4.69) is 0 Å². The molecule has 1 aliphatic carbocycles. The summed E-state index contributed by atoms with van der Waals surface area (Å²) in [5.74, 6) is 0.115. The van der Waals surface area contributed by atoms with Crippen LogP contribution in [0.5, 0.6) is 0 Å². The van der Waals surface area contributed by atoms with E-state index in [4.69, 9.17) is 5.11 Å². The lowest BCUT2D eigenvalue weighted by Crippen LogP contribution is -2.28. The molecule has 72 valence electrons. The standard InChI is InChI=1S/C9H17FO2/c10-6-8(11)5-7-3-1-2-4-9(7)12/h7-9,11-12H,1-6H2. The second-order valence-corrected chi connectivity index (χ2v) is 3.66. The monoisotopic (exact) mass is 176 g/mol. The molecule has 2 nitrogen and oxygen atoms in total. The lowest BCUT2D eigenvalue weighted by Gasteiger charge is -2.28. The van der Waals surface area contributed by atoms with Gasteiger partial charge in [-0.05, 0) is 25.2 Å². The molecule has 0 saturated heterocycles. The van der Waals surface area contributed by atoms with Crippen LogP contribution in [0.4, 0.5) is 4.39 Å². The molecule has 0 radical (unpaired) electrons. The molecule has 1 rings (SSSR count). The van der Waals surface area contributed by atoms with Gasteiger partial charge < -0.3 is 10.2 Å². The molecule has 0 heterocycles. The first-order chi connectivity index (χ1) is 5.74. The van der Waals surface area contributed by atoms with Gasteiger partial charge in [0.25, 0.3) is 0 Å². The minimum absolute atomic E-state index is 0.115. The zero-order valence-electron chi connectivity index (χ0n) is 7.25. The van der Waals surface area contributed by atoms with Gasteiger partial charge in [0.2, 0.25) is 0 Å². The number of hydrogen-bond acceptors (Lipinski definition) is 2. The largest absolute Gasteiger partial charge is 0.393 e. The van der Waals surface area contributed by atoms with Gasteiger partial charge in [-0.15, -0.1) is 0 Å². The highest BCUT2D eigenvalue weighted by molar-refractivity contribution is 4.76. The van der Waals surface area contributed by atoms with E-state index >= 15 is 0 Å². The molecule has 0 spiro atoms. The molecule has 1 saturated carbocycles. The summed E-state index contributed by atoms with van der Waals surface area (Å²) in [6, 6.07) is 0. The van der Waals surface area contributed by atoms with E-state index in [1.54, 1.807) is 0 Å². The number of halogens is 1. The third kappa shape index (κ3) is 2.72. The van der Waals surface area contributed by atoms with Gasteiger partial charge in [0.15, 0.2) is 0 Å². The highest BCUT2D eigenvalue weighted by atomic mass is 19.1. The van der Waals surface area contributed by atoms with Crippen molar-refractivity contribution in [3.63, 3.8) is 0 Å². The Hall–Kier alpha value is -0.150. The van der Waals surface area contributed by atoms with E-state index in [1.807, 2.05) is 0 Å². The summed E-state index contributed by atoms with van der Waals surface area (Å²) >= 11 is 0. The van der Waals surface area contributed by atoms with Crippen molar-refractivity contribution in [2.24, 2.45) is 5.92 Å². The predicted molar refractivity (Wildman–Crippen MR) is 44.6 cm³/mol. The first-order valence-corrected chi connectivity index (χ1v) is 4.66. The fourth-order valence-electron chi connectivity index (χ4n) is 1.88. The van der Waals surface area contributed by atoms with Crippen molar-refractivity contribution in [2.75, 3.05) is 6.67 Å². The molecule has 0 aromatic rings. The quantitative estimate of drug-likeness (QED) is 0.679. The zero-order chi connectivity index (χ0) is 8.97. The number of rotatable bonds is 3. The van der Waals surface area contributed by atoms with Crippen LogP contribution in [0, 0.1) is 5.92 Å². The van der Waals surface area contributed by atoms with Gasteiger partial charge in [-0.25, -0.2) is 4.39 Å². The summed E-state index contributed by atoms with van der Waals surface area (Å²) in [6.07, 6.45) is 3.12. The van der Waals surface area contributed by atoms with Crippen LogP contribution in [0.25, 0.3) is 0 Å². The van der Waals surface area contributed by atoms with Crippen LogP contribution in [0.2, 0.25) is 0 Å². The van der Waals surface area contributed by atoms with Crippen molar-refractivity contribution in [1.82, 2.24) is 0 Å². The smallest absolute Gasteiger partial charge is 0.115 e. The van der Waals surface area contributed by atoms with Gasteiger partial charge in [0, 0.05) is 0 Å². The fourth-order valence-corrected chi connectivity index (χ4v) is 1.88. The molecule has 0 bridgehead atoms. The Labute approximate surface area is 72.4 Å². The summed E-state index contributed by atoms with van der Waals surface area (Å²) < 4.78 is 11.9. The van der Waals surface area contributed by atoms with E-state index in [9.17, 15) is 9.50 Å². The van der Waals surface area contributed by atoms with E-state index in [0.717, 1.165) is 25.7 Å². The van der Waals surface area contributed by atoms with Crippen LogP contribution in [0.1, 0.15) is 32.1 Å². The number of aliphatic hydroxyl groups excluding tert-OH is 2. The zero-order valence-corrected chi connectivity index (χ0v) is 7.25. The van der Waals surface area contributed by atoms with Crippen molar-refractivity contribution in [2.45, 2.75) is 44.3 Å². The number of alkyl halides is 1. The predicted octanol–water partition coefficient (Wildman–Crippen LogP) is 1.26. The van der Waals surface area contributed by atoms with Crippen LogP contribution in [-0.2, 0) is 0 Å². The van der Waals surface area contributed by atoms with Gasteiger partial charge in [-0.2, -0.15) is 0 Å². The Bertz CT molecular complexity index is 130. The molecule has 1 aliphatic rings. The maximum absolute atomic E-state index is 11.9. The number of aliphatic hydroxyl groups is 2. The Balaban J connectivity index is 2.28. The van der Waals surface area contributed by atoms with Crippen molar-refractivity contribution in [3.05, 3.63) is 0 Å². The van der Waals surface area contributed by atoms with Crippen molar-refractivity contribution in [3.8, 4) is 0 Å². The summed E-state index contributed by atoms with van der Waals surface area (Å²) in [4.78, 5) is 0. The van der Waals surface area contributed by atoms with Gasteiger partial charge >= 0.3 is 0 Å². The first-order valence-electron chi connectivity index (χ1n) is 4.66. The Morgan fingerprint density at radius 2 is 2.00 bits per heavy atom. The second-order valence-electron chi connectivity index (χ2n) is 3.66. The minimum atomic E-state index is -0.872. The summed E-state index contributed by atoms with van der Waals surface area (Å²) in [5, 5.41) is 18.5. The van der Waals surface area contributed by atoms with Crippen LogP contribution in [0.15, 0.2) is 0 Å². The first kappa shape index (κ1) is 9.93. The summed E-state index contributed by atoms with van der Waals surface area (Å²) in [7, 11) is 0. The summed E-state index contributed by atoms with van der Waals surface area (Å²) in [5.41, 5.74) is 0. The normalized spacial score (nSPS) is 33.2. The second kappa shape index (κ2) is 4.77. The number of hydrogen-bond donors (Lipinski definition) is 2. The molecule has 1 fully saturated rings. The molecule has 0 aromatic heterocycles. The van der Waals surface area contributed by atoms with Gasteiger partial charge in [-0.1, -0.05) is 12.8 Å². The van der Waals surface area contributed by atoms with Gasteiger partial charge in [0.1, 0.15) is 6.67 Å². The van der Waals surface area contributed by atoms with E-state index in [-0.39, 0.29) is 12.0 Å². The Morgan fingerprint density at radius 1 is 1.33 bits per heavy atom. The molecule has 3 heteroatoms. The lowest BCUT2D eigenvalue weighted by atomic mass is 9.83. The van der Waals surface area contributed by atoms with Crippen molar-refractivity contribution < 1.29 is 14.6 Å². The van der Waals surface area contributed by atoms with Crippen molar-refractivity contribution >= 4 is 0 Å². The molecule has 0 aliphatic heterocycles. The maximum Gasteiger partial charge on any atom is 0.115 e. The summed E-state index contributed by atoms with van der Waals surface area (Å²) in [6.45, 7) is -0.691. The molecular formula is C9H17FO2. The third-order valence-electron chi connectivity index (χ3n) is 2.62. The fraction of sp³-hybridized carbons (Fsp3) is 1.00. The topological polar surface area (TPSA) is 40.5 Å². The van der Waals surface area contributed by atoms with Crippen molar-refractivity contribution in [1.29, 1.82) is 0 Å². The Kier molecular flexibility index (Phi) is 3.95. The molecule has 3 unspecified atom stereocenters. The molecule has 3 atom stereocenters. The van der Waals surface area contributed by atoms with Gasteiger partial charge in [-0.3, -0.25) is 0 Å². The third-order valence-corrected chi connectivity index (χ3v) is 2.62. The van der Waals surface area contributed by atoms with Crippen LogP contribution in [0.3, 0.4) is 0 Å². The molecule has 0 amide bonds. The van der Waals surface area contributed by atoms with Gasteiger partial charge in [0.05, 0.1) is 12.2 Å². The average Bonchev–Trinajstić information content (AvgIpc) is 2.09. The molecule has 0 aromatic carbocycles. The van der Waals surface area contributed by atoms with E-state index in [1.165, 1.54) is 0 Å². The maximum atomic E-state index is 11.9. The SMILES string of the molecule is OC(CF)CC1CCCCC1O. The molecular weight excluding hydrogens is 159 g/mol. The Morgan fingerprint density at radius 3 is 2.58 bits per heavy atom. The minimum Gasteiger partial charge on any atom is -0.393 e. The highest BCUT2D eigenvalue weighted by Crippen LogP contribution is 2.27. The van der Waals surface area contributed by atoms with E-state index < -0.39 is 12.8 Å². The highest BCUT2D eigenvalue weighted by Gasteiger charge is 2.24. The van der Waals surface area contributed by atoms with Crippen LogP contribution >= 0.6 is 0 Å². The van der Waals surface area contributed by atoms with Crippen LogP contribution < -0.4 is 0 Å². The van der Waals surface area contributed by atoms with Crippen LogP contribution in [-0.4, -0.2) is 29.1 Å². The van der Waals surface area contributed by atoms with E-state index in [0.29, 0.717) is 6.42 Å². The molecule has 12 heavy (non-hydrogen) atoms. The lowest BCUT2D eigenvalue weighted by molar-refractivity contribution is 0.0271.